The largest absolute Gasteiger partial charge is 0.408 e. The van der Waals surface area contributed by atoms with Gasteiger partial charge in [-0.25, -0.2) is 28.4 Å². The number of hydrogen-bond acceptors (Lipinski definition) is 8. The first-order valence-electron chi connectivity index (χ1n) is 12.0. The summed E-state index contributed by atoms with van der Waals surface area (Å²) in [6.07, 6.45) is -2.76. The van der Waals surface area contributed by atoms with Crippen molar-refractivity contribution in [2.75, 3.05) is 10.9 Å². The van der Waals surface area contributed by atoms with Gasteiger partial charge >= 0.3 is 6.18 Å². The molecule has 17 heteroatoms. The second-order valence-electron chi connectivity index (χ2n) is 9.27. The summed E-state index contributed by atoms with van der Waals surface area (Å²) in [7, 11) is 0. The predicted octanol–water partition coefficient (Wildman–Crippen LogP) is 3.66. The standard InChI is InChI=1S/C25H18F7N7O3/c26-11-6-14(27)18(15(28)7-11)38-9-13(23(41)36-20(10-3-4-10)25(30,31)32)19(40)12-8-16(29)24(37-21(12)38)42-39(34)22-17(33)2-1-5-35-22/h1-2,5-10,20H,3-4,33-34H2,(H,36,41). The number of carbonyl (C=O) groups is 1. The van der Waals surface area contributed by atoms with E-state index >= 15 is 4.39 Å². The first-order chi connectivity index (χ1) is 19.8. The zero-order chi connectivity index (χ0) is 30.5. The summed E-state index contributed by atoms with van der Waals surface area (Å²) in [6, 6.07) is 1.54. The van der Waals surface area contributed by atoms with Crippen LogP contribution in [-0.4, -0.2) is 32.7 Å². The van der Waals surface area contributed by atoms with Crippen molar-refractivity contribution in [2.45, 2.75) is 25.1 Å². The molecular weight excluding hydrogens is 579 g/mol. The number of anilines is 2. The molecular formula is C25H18F7N7O3. The number of pyridine rings is 3. The van der Waals surface area contributed by atoms with Gasteiger partial charge in [0.2, 0.25) is 11.2 Å². The lowest BCUT2D eigenvalue weighted by Gasteiger charge is -2.22. The van der Waals surface area contributed by atoms with E-state index in [9.17, 15) is 35.9 Å². The quantitative estimate of drug-likeness (QED) is 0.167. The van der Waals surface area contributed by atoms with Crippen LogP contribution in [0.15, 0.2) is 47.5 Å². The topological polar surface area (TPSA) is 141 Å². The van der Waals surface area contributed by atoms with Gasteiger partial charge < -0.3 is 15.9 Å². The molecule has 10 nitrogen and oxygen atoms in total. The second kappa shape index (κ2) is 10.5. The lowest BCUT2D eigenvalue weighted by Crippen LogP contribution is -2.48. The molecule has 5 N–H and O–H groups in total. The average Bonchev–Trinajstić information content (AvgIpc) is 3.73. The number of alkyl halides is 3. The van der Waals surface area contributed by atoms with Gasteiger partial charge in [0, 0.05) is 24.5 Å². The molecule has 1 aliphatic carbocycles. The van der Waals surface area contributed by atoms with Crippen molar-refractivity contribution in [3.63, 3.8) is 0 Å². The third-order valence-electron chi connectivity index (χ3n) is 6.31. The molecule has 42 heavy (non-hydrogen) atoms. The monoisotopic (exact) mass is 597 g/mol. The van der Waals surface area contributed by atoms with Crippen molar-refractivity contribution in [3.8, 4) is 11.6 Å². The molecule has 1 aliphatic rings. The number of aromatic nitrogens is 3. The van der Waals surface area contributed by atoms with Crippen LogP contribution in [0, 0.1) is 29.2 Å². The molecule has 1 atom stereocenters. The second-order valence-corrected chi connectivity index (χ2v) is 9.27. The van der Waals surface area contributed by atoms with E-state index in [0.29, 0.717) is 22.0 Å². The van der Waals surface area contributed by atoms with Gasteiger partial charge in [0.25, 0.3) is 11.8 Å². The van der Waals surface area contributed by atoms with E-state index in [4.69, 9.17) is 16.4 Å². The number of rotatable bonds is 7. The third-order valence-corrected chi connectivity index (χ3v) is 6.31. The van der Waals surface area contributed by atoms with Crippen molar-refractivity contribution in [2.24, 2.45) is 11.8 Å². The number of hydrazine groups is 1. The Kier molecular flexibility index (Phi) is 7.13. The van der Waals surface area contributed by atoms with Gasteiger partial charge in [0.15, 0.2) is 23.1 Å². The van der Waals surface area contributed by atoms with Crippen molar-refractivity contribution in [1.29, 1.82) is 0 Å². The van der Waals surface area contributed by atoms with Crippen molar-refractivity contribution >= 4 is 28.4 Å². The van der Waals surface area contributed by atoms with Crippen LogP contribution in [0.5, 0.6) is 5.88 Å². The van der Waals surface area contributed by atoms with E-state index in [1.807, 2.05) is 0 Å². The zero-order valence-corrected chi connectivity index (χ0v) is 20.9. The van der Waals surface area contributed by atoms with Crippen LogP contribution in [0.1, 0.15) is 23.2 Å². The highest BCUT2D eigenvalue weighted by Crippen LogP contribution is 2.40. The van der Waals surface area contributed by atoms with Crippen molar-refractivity contribution in [1.82, 2.24) is 19.9 Å². The molecule has 0 saturated heterocycles. The summed E-state index contributed by atoms with van der Waals surface area (Å²) in [5, 5.41) is 1.35. The molecule has 0 radical (unpaired) electrons. The van der Waals surface area contributed by atoms with E-state index in [0.717, 1.165) is 0 Å². The molecule has 1 amide bonds. The Morgan fingerprint density at radius 1 is 1.12 bits per heavy atom. The van der Waals surface area contributed by atoms with Gasteiger partial charge in [-0.05, 0) is 37.0 Å². The van der Waals surface area contributed by atoms with E-state index in [1.54, 1.807) is 5.32 Å². The summed E-state index contributed by atoms with van der Waals surface area (Å²) < 4.78 is 99.6. The first-order valence-corrected chi connectivity index (χ1v) is 12.0. The lowest BCUT2D eigenvalue weighted by molar-refractivity contribution is -0.158. The Morgan fingerprint density at radius 2 is 1.79 bits per heavy atom. The van der Waals surface area contributed by atoms with E-state index in [2.05, 4.69) is 9.97 Å². The molecule has 0 bridgehead atoms. The zero-order valence-electron chi connectivity index (χ0n) is 20.9. The van der Waals surface area contributed by atoms with Gasteiger partial charge in [-0.3, -0.25) is 14.2 Å². The Balaban J connectivity index is 1.69. The Labute approximate surface area is 230 Å². The molecule has 0 spiro atoms. The lowest BCUT2D eigenvalue weighted by atomic mass is 10.1. The highest BCUT2D eigenvalue weighted by molar-refractivity contribution is 5.97. The first kappa shape index (κ1) is 28.6. The summed E-state index contributed by atoms with van der Waals surface area (Å²) in [5.74, 6) is -3.71. The van der Waals surface area contributed by atoms with Crippen LogP contribution < -0.4 is 32.3 Å². The smallest absolute Gasteiger partial charge is 0.396 e. The van der Waals surface area contributed by atoms with Crippen molar-refractivity contribution < 1.29 is 40.4 Å². The maximum Gasteiger partial charge on any atom is 0.408 e. The minimum absolute atomic E-state index is 0.00688. The molecule has 0 aliphatic heterocycles. The predicted molar refractivity (Wildman–Crippen MR) is 133 cm³/mol. The van der Waals surface area contributed by atoms with Crippen LogP contribution in [0.4, 0.5) is 42.2 Å². The molecule has 4 aromatic rings. The summed E-state index contributed by atoms with van der Waals surface area (Å²) in [5.41, 5.74) is 1.57. The van der Waals surface area contributed by atoms with Gasteiger partial charge in [0.05, 0.1) is 11.1 Å². The van der Waals surface area contributed by atoms with Crippen LogP contribution in [0.25, 0.3) is 16.7 Å². The summed E-state index contributed by atoms with van der Waals surface area (Å²) >= 11 is 0. The molecule has 3 heterocycles. The van der Waals surface area contributed by atoms with Crippen molar-refractivity contribution in [3.05, 3.63) is 81.8 Å². The number of halogens is 7. The van der Waals surface area contributed by atoms with Gasteiger partial charge in [-0.15, -0.1) is 5.17 Å². The fraction of sp³-hybridized carbons (Fsp3) is 0.200. The van der Waals surface area contributed by atoms with Gasteiger partial charge in [0.1, 0.15) is 23.1 Å². The fourth-order valence-electron chi connectivity index (χ4n) is 4.21. The van der Waals surface area contributed by atoms with Crippen LogP contribution in [0.2, 0.25) is 0 Å². The molecule has 3 aromatic heterocycles. The normalized spacial score (nSPS) is 14.1. The average molecular weight is 597 g/mol. The summed E-state index contributed by atoms with van der Waals surface area (Å²) in [4.78, 5) is 39.0. The van der Waals surface area contributed by atoms with Crippen LogP contribution >= 0.6 is 0 Å². The van der Waals surface area contributed by atoms with Crippen LogP contribution in [-0.2, 0) is 0 Å². The summed E-state index contributed by atoms with van der Waals surface area (Å²) in [6.45, 7) is 0. The molecule has 220 valence electrons. The maximum absolute atomic E-state index is 15.1. The number of nitrogen functional groups attached to an aromatic ring is 1. The number of fused-ring (bicyclic) bond motifs is 1. The number of amides is 1. The molecule has 1 aromatic carbocycles. The number of nitrogens with zero attached hydrogens (tertiary/aromatic N) is 4. The van der Waals surface area contributed by atoms with Gasteiger partial charge in [-0.2, -0.15) is 18.2 Å². The Morgan fingerprint density at radius 3 is 2.38 bits per heavy atom. The van der Waals surface area contributed by atoms with Crippen LogP contribution in [0.3, 0.4) is 0 Å². The van der Waals surface area contributed by atoms with E-state index in [1.165, 1.54) is 18.3 Å². The van der Waals surface area contributed by atoms with Gasteiger partial charge in [-0.1, -0.05) is 0 Å². The molecule has 5 rings (SSSR count). The SMILES string of the molecule is Nc1cccnc1N(N)Oc1nc2c(cc1F)c(=O)c(C(=O)NC(C1CC1)C(F)(F)F)cn2-c1c(F)cc(F)cc1F. The van der Waals surface area contributed by atoms with E-state index < -0.39 is 80.9 Å². The minimum atomic E-state index is -4.87. The Hall–Kier alpha value is -4.93. The maximum atomic E-state index is 15.1. The molecule has 1 fully saturated rings. The number of benzene rings is 1. The number of carbonyl (C=O) groups excluding carboxylic acids is 1. The number of nitrogens with one attached hydrogen (secondary N) is 1. The minimum Gasteiger partial charge on any atom is -0.396 e. The third kappa shape index (κ3) is 5.37. The number of hydrogen-bond donors (Lipinski definition) is 3. The number of nitrogens with two attached hydrogens (primary N) is 2. The Bertz CT molecular complexity index is 1750. The van der Waals surface area contributed by atoms with E-state index in [-0.39, 0.29) is 36.5 Å². The highest BCUT2D eigenvalue weighted by atomic mass is 19.4. The highest BCUT2D eigenvalue weighted by Gasteiger charge is 2.50. The molecule has 1 saturated carbocycles. The molecule has 1 unspecified atom stereocenters. The fourth-order valence-corrected chi connectivity index (χ4v) is 4.21.